The lowest BCUT2D eigenvalue weighted by atomic mass is 10.00. The van der Waals surface area contributed by atoms with Gasteiger partial charge in [0.15, 0.2) is 0 Å². The summed E-state index contributed by atoms with van der Waals surface area (Å²) >= 11 is 0. The lowest BCUT2D eigenvalue weighted by Gasteiger charge is -2.32. The van der Waals surface area contributed by atoms with Crippen LogP contribution in [-0.4, -0.2) is 42.0 Å². The SMILES string of the molecule is O=C(NCC(O)C(O)c1ccccc1N1CCCCC1)OCc1ccccc1. The molecule has 1 heterocycles. The van der Waals surface area contributed by atoms with Gasteiger partial charge in [0.1, 0.15) is 18.8 Å². The van der Waals surface area contributed by atoms with Gasteiger partial charge < -0.3 is 25.2 Å². The molecule has 0 aliphatic carbocycles. The van der Waals surface area contributed by atoms with Gasteiger partial charge >= 0.3 is 6.09 Å². The first-order chi connectivity index (χ1) is 13.6. The number of para-hydroxylation sites is 1. The van der Waals surface area contributed by atoms with E-state index in [2.05, 4.69) is 10.2 Å². The molecule has 1 aliphatic heterocycles. The number of rotatable bonds is 7. The molecule has 0 spiro atoms. The maximum absolute atomic E-state index is 11.9. The van der Waals surface area contributed by atoms with Crippen LogP contribution in [-0.2, 0) is 11.3 Å². The number of benzene rings is 2. The fraction of sp³-hybridized carbons (Fsp3) is 0.409. The number of aliphatic hydroxyl groups excluding tert-OH is 2. The Labute approximate surface area is 165 Å². The molecule has 6 nitrogen and oxygen atoms in total. The normalized spacial score (nSPS) is 16.3. The second-order valence-corrected chi connectivity index (χ2v) is 7.06. The number of hydrogen-bond acceptors (Lipinski definition) is 5. The highest BCUT2D eigenvalue weighted by Crippen LogP contribution is 2.30. The number of aliphatic hydroxyl groups is 2. The quantitative estimate of drug-likeness (QED) is 0.684. The second-order valence-electron chi connectivity index (χ2n) is 7.06. The van der Waals surface area contributed by atoms with Gasteiger partial charge in [-0.2, -0.15) is 0 Å². The summed E-state index contributed by atoms with van der Waals surface area (Å²) in [7, 11) is 0. The molecule has 1 saturated heterocycles. The van der Waals surface area contributed by atoms with Gasteiger partial charge in [0.2, 0.25) is 0 Å². The molecule has 3 rings (SSSR count). The number of ether oxygens (including phenoxy) is 1. The van der Waals surface area contributed by atoms with E-state index in [9.17, 15) is 15.0 Å². The maximum atomic E-state index is 11.9. The van der Waals surface area contributed by atoms with Crippen LogP contribution in [0.4, 0.5) is 10.5 Å². The smallest absolute Gasteiger partial charge is 0.407 e. The van der Waals surface area contributed by atoms with E-state index in [1.807, 2.05) is 54.6 Å². The van der Waals surface area contributed by atoms with Crippen molar-refractivity contribution in [3.8, 4) is 0 Å². The van der Waals surface area contributed by atoms with Crippen LogP contribution in [0.1, 0.15) is 36.5 Å². The molecule has 1 amide bonds. The molecule has 2 aromatic rings. The summed E-state index contributed by atoms with van der Waals surface area (Å²) in [6.45, 7) is 1.96. The molecule has 6 heteroatoms. The van der Waals surface area contributed by atoms with Gasteiger partial charge in [0.25, 0.3) is 0 Å². The standard InChI is InChI=1S/C22H28N2O4/c25-20(15-23-22(27)28-16-17-9-3-1-4-10-17)21(26)18-11-5-6-12-19(18)24-13-7-2-8-14-24/h1,3-6,9-12,20-21,25-26H,2,7-8,13-16H2,(H,23,27). The number of anilines is 1. The highest BCUT2D eigenvalue weighted by Gasteiger charge is 2.24. The largest absolute Gasteiger partial charge is 0.445 e. The predicted octanol–water partition coefficient (Wildman–Crippen LogP) is 3.00. The molecular weight excluding hydrogens is 356 g/mol. The van der Waals surface area contributed by atoms with Gasteiger partial charge in [-0.3, -0.25) is 0 Å². The Morgan fingerprint density at radius 1 is 1.00 bits per heavy atom. The molecule has 2 aromatic carbocycles. The van der Waals surface area contributed by atoms with Gasteiger partial charge in [-0.15, -0.1) is 0 Å². The Kier molecular flexibility index (Phi) is 7.28. The summed E-state index contributed by atoms with van der Waals surface area (Å²) in [4.78, 5) is 14.1. The van der Waals surface area contributed by atoms with Crippen LogP contribution in [0.5, 0.6) is 0 Å². The monoisotopic (exact) mass is 384 g/mol. The lowest BCUT2D eigenvalue weighted by Crippen LogP contribution is -2.37. The minimum atomic E-state index is -1.13. The first kappa shape index (κ1) is 20.2. The average molecular weight is 384 g/mol. The highest BCUT2D eigenvalue weighted by atomic mass is 16.5. The van der Waals surface area contributed by atoms with Crippen LogP contribution in [0.3, 0.4) is 0 Å². The van der Waals surface area contributed by atoms with Crippen LogP contribution < -0.4 is 10.2 Å². The van der Waals surface area contributed by atoms with E-state index >= 15 is 0 Å². The van der Waals surface area contributed by atoms with Crippen LogP contribution in [0, 0.1) is 0 Å². The summed E-state index contributed by atoms with van der Waals surface area (Å²) in [5, 5.41) is 23.6. The fourth-order valence-corrected chi connectivity index (χ4v) is 3.44. The Morgan fingerprint density at radius 2 is 1.68 bits per heavy atom. The van der Waals surface area contributed by atoms with Crippen molar-refractivity contribution in [3.05, 3.63) is 65.7 Å². The fourth-order valence-electron chi connectivity index (χ4n) is 3.44. The van der Waals surface area contributed by atoms with Crippen LogP contribution >= 0.6 is 0 Å². The minimum Gasteiger partial charge on any atom is -0.445 e. The molecular formula is C22H28N2O4. The number of piperidine rings is 1. The van der Waals surface area contributed by atoms with Crippen LogP contribution in [0.15, 0.2) is 54.6 Å². The van der Waals surface area contributed by atoms with Gasteiger partial charge in [-0.05, 0) is 30.9 Å². The van der Waals surface area contributed by atoms with Crippen molar-refractivity contribution in [2.45, 2.75) is 38.1 Å². The Bertz CT molecular complexity index is 747. The van der Waals surface area contributed by atoms with Crippen molar-refractivity contribution < 1.29 is 19.7 Å². The first-order valence-electron chi connectivity index (χ1n) is 9.79. The van der Waals surface area contributed by atoms with Crippen molar-refractivity contribution in [2.75, 3.05) is 24.5 Å². The summed E-state index contributed by atoms with van der Waals surface area (Å²) < 4.78 is 5.13. The number of carbonyl (C=O) groups is 1. The topological polar surface area (TPSA) is 82.0 Å². The van der Waals surface area contributed by atoms with E-state index in [1.165, 1.54) is 6.42 Å². The Morgan fingerprint density at radius 3 is 2.43 bits per heavy atom. The zero-order valence-corrected chi connectivity index (χ0v) is 16.0. The molecule has 0 bridgehead atoms. The molecule has 1 aliphatic rings. The molecule has 28 heavy (non-hydrogen) atoms. The van der Waals surface area contributed by atoms with Crippen LogP contribution in [0.2, 0.25) is 0 Å². The van der Waals surface area contributed by atoms with Crippen LogP contribution in [0.25, 0.3) is 0 Å². The third kappa shape index (κ3) is 5.47. The van der Waals surface area contributed by atoms with Gasteiger partial charge in [-0.1, -0.05) is 48.5 Å². The molecule has 1 fully saturated rings. The van der Waals surface area contributed by atoms with Gasteiger partial charge in [0.05, 0.1) is 0 Å². The third-order valence-electron chi connectivity index (χ3n) is 4.98. The zero-order valence-electron chi connectivity index (χ0n) is 16.0. The zero-order chi connectivity index (χ0) is 19.8. The lowest BCUT2D eigenvalue weighted by molar-refractivity contribution is 0.0186. The summed E-state index contributed by atoms with van der Waals surface area (Å²) in [5.74, 6) is 0. The molecule has 0 aromatic heterocycles. The van der Waals surface area contributed by atoms with Crippen molar-refractivity contribution in [2.24, 2.45) is 0 Å². The van der Waals surface area contributed by atoms with Crippen molar-refractivity contribution in [3.63, 3.8) is 0 Å². The molecule has 2 unspecified atom stereocenters. The van der Waals surface area contributed by atoms with Crippen molar-refractivity contribution in [1.29, 1.82) is 0 Å². The molecule has 150 valence electrons. The number of nitrogens with one attached hydrogen (secondary N) is 1. The van der Waals surface area contributed by atoms with E-state index in [0.717, 1.165) is 37.2 Å². The van der Waals surface area contributed by atoms with E-state index in [1.54, 1.807) is 0 Å². The molecule has 0 radical (unpaired) electrons. The third-order valence-corrected chi connectivity index (χ3v) is 4.98. The Balaban J connectivity index is 1.53. The maximum Gasteiger partial charge on any atom is 0.407 e. The number of amides is 1. The summed E-state index contributed by atoms with van der Waals surface area (Å²) in [5.41, 5.74) is 2.51. The molecule has 3 N–H and O–H groups in total. The number of carbonyl (C=O) groups excluding carboxylic acids is 1. The van der Waals surface area contributed by atoms with Gasteiger partial charge in [-0.25, -0.2) is 4.79 Å². The molecule has 0 saturated carbocycles. The van der Waals surface area contributed by atoms with Crippen molar-refractivity contribution in [1.82, 2.24) is 5.32 Å². The number of nitrogens with zero attached hydrogens (tertiary/aromatic N) is 1. The van der Waals surface area contributed by atoms with E-state index in [-0.39, 0.29) is 13.2 Å². The highest BCUT2D eigenvalue weighted by molar-refractivity contribution is 5.67. The minimum absolute atomic E-state index is 0.0941. The van der Waals surface area contributed by atoms with Gasteiger partial charge in [0, 0.05) is 30.9 Å². The average Bonchev–Trinajstić information content (AvgIpc) is 2.77. The predicted molar refractivity (Wildman–Crippen MR) is 108 cm³/mol. The number of alkyl carbamates (subject to hydrolysis) is 1. The van der Waals surface area contributed by atoms with E-state index < -0.39 is 18.3 Å². The second kappa shape index (κ2) is 10.1. The summed E-state index contributed by atoms with van der Waals surface area (Å²) in [6, 6.07) is 16.9. The van der Waals surface area contributed by atoms with E-state index in [0.29, 0.717) is 5.56 Å². The summed E-state index contributed by atoms with van der Waals surface area (Å²) in [6.07, 6.45) is 0.629. The molecule has 2 atom stereocenters. The van der Waals surface area contributed by atoms with Crippen molar-refractivity contribution >= 4 is 11.8 Å². The Hall–Kier alpha value is -2.57. The van der Waals surface area contributed by atoms with E-state index in [4.69, 9.17) is 4.74 Å². The number of hydrogen-bond donors (Lipinski definition) is 3. The first-order valence-corrected chi connectivity index (χ1v) is 9.79.